The number of amides is 1. The van der Waals surface area contributed by atoms with Crippen LogP contribution in [0.2, 0.25) is 0 Å². The third kappa shape index (κ3) is 5.33. The Morgan fingerprint density at radius 2 is 2.07 bits per heavy atom. The highest BCUT2D eigenvalue weighted by molar-refractivity contribution is 7.07. The summed E-state index contributed by atoms with van der Waals surface area (Å²) in [5, 5.41) is 9.63. The number of nitrogens with zero attached hydrogens (tertiary/aromatic N) is 2. The molecule has 154 valence electrons. The van der Waals surface area contributed by atoms with E-state index in [2.05, 4.69) is 0 Å². The lowest BCUT2D eigenvalue weighted by molar-refractivity contribution is -0.136. The maximum atomic E-state index is 12.9. The van der Waals surface area contributed by atoms with Gasteiger partial charge in [0.15, 0.2) is 0 Å². The van der Waals surface area contributed by atoms with Crippen LogP contribution in [0.25, 0.3) is 12.2 Å². The van der Waals surface area contributed by atoms with E-state index in [1.54, 1.807) is 30.0 Å². The number of aromatic nitrogens is 1. The minimum absolute atomic E-state index is 0.0800. The zero-order valence-electron chi connectivity index (χ0n) is 16.0. The van der Waals surface area contributed by atoms with Crippen LogP contribution in [0.15, 0.2) is 29.1 Å². The van der Waals surface area contributed by atoms with E-state index in [4.69, 9.17) is 9.47 Å². The zero-order chi connectivity index (χ0) is 20.8. The molecule has 0 saturated carbocycles. The molecule has 1 aliphatic heterocycles. The van der Waals surface area contributed by atoms with Crippen LogP contribution >= 0.6 is 11.3 Å². The van der Waals surface area contributed by atoms with Gasteiger partial charge in [0.1, 0.15) is 17.0 Å². The summed E-state index contributed by atoms with van der Waals surface area (Å²) in [6.07, 6.45) is 2.84. The second-order valence-electron chi connectivity index (χ2n) is 6.32. The van der Waals surface area contributed by atoms with Gasteiger partial charge in [-0.15, -0.1) is 11.3 Å². The molecule has 0 unspecified atom stereocenters. The highest BCUT2D eigenvalue weighted by atomic mass is 32.1. The van der Waals surface area contributed by atoms with Crippen molar-refractivity contribution in [2.24, 2.45) is 0 Å². The second kappa shape index (κ2) is 9.53. The van der Waals surface area contributed by atoms with Gasteiger partial charge in [0.2, 0.25) is 5.91 Å². The maximum Gasteiger partial charge on any atom is 0.333 e. The number of morpholine rings is 1. The van der Waals surface area contributed by atoms with Crippen LogP contribution in [0, 0.1) is 0 Å². The molecular formula is C20H22N2O6S. The molecule has 1 fully saturated rings. The lowest BCUT2D eigenvalue weighted by Crippen LogP contribution is -2.45. The first-order chi connectivity index (χ1) is 14.0. The van der Waals surface area contributed by atoms with Gasteiger partial charge < -0.3 is 19.5 Å². The predicted octanol–water partition coefficient (Wildman–Crippen LogP) is -0.353. The highest BCUT2D eigenvalue weighted by Crippen LogP contribution is 2.11. The Morgan fingerprint density at radius 1 is 1.31 bits per heavy atom. The molecule has 1 amide bonds. The first kappa shape index (κ1) is 20.8. The molecule has 8 nitrogen and oxygen atoms in total. The Bertz CT molecular complexity index is 1070. The van der Waals surface area contributed by atoms with E-state index in [9.17, 15) is 19.5 Å². The third-order valence-corrected chi connectivity index (χ3v) is 5.35. The molecule has 1 saturated heterocycles. The standard InChI is InChI=1S/C20H22N2O6S/c1-2-28-19(25)12-18-22(13-17(24)21-6-8-27-9-7-21)20(26)16(29-18)11-14-4-3-5-15(23)10-14/h3-5,10-12,23H,2,6-9,13H2,1H3/b16-11-,18-12-. The maximum absolute atomic E-state index is 12.9. The molecule has 0 bridgehead atoms. The minimum atomic E-state index is -0.578. The first-order valence-corrected chi connectivity index (χ1v) is 10.0. The van der Waals surface area contributed by atoms with E-state index in [1.165, 1.54) is 22.8 Å². The number of hydrogen-bond donors (Lipinski definition) is 1. The van der Waals surface area contributed by atoms with Gasteiger partial charge in [0.25, 0.3) is 5.56 Å². The topological polar surface area (TPSA) is 98.1 Å². The monoisotopic (exact) mass is 418 g/mol. The van der Waals surface area contributed by atoms with Crippen molar-refractivity contribution in [3.63, 3.8) is 0 Å². The van der Waals surface area contributed by atoms with Gasteiger partial charge in [-0.3, -0.25) is 14.2 Å². The van der Waals surface area contributed by atoms with Crippen LogP contribution in [0.1, 0.15) is 12.5 Å². The molecule has 0 spiro atoms. The Morgan fingerprint density at radius 3 is 2.76 bits per heavy atom. The van der Waals surface area contributed by atoms with E-state index in [1.807, 2.05) is 0 Å². The predicted molar refractivity (Wildman–Crippen MR) is 108 cm³/mol. The smallest absolute Gasteiger partial charge is 0.333 e. The van der Waals surface area contributed by atoms with Crippen molar-refractivity contribution in [1.29, 1.82) is 0 Å². The summed E-state index contributed by atoms with van der Waals surface area (Å²) in [6, 6.07) is 6.47. The molecule has 9 heteroatoms. The molecule has 0 radical (unpaired) electrons. The van der Waals surface area contributed by atoms with Crippen molar-refractivity contribution in [3.05, 3.63) is 49.4 Å². The lowest BCUT2D eigenvalue weighted by Gasteiger charge is -2.26. The first-order valence-electron chi connectivity index (χ1n) is 9.22. The number of rotatable bonds is 5. The van der Waals surface area contributed by atoms with E-state index >= 15 is 0 Å². The Kier molecular flexibility index (Phi) is 6.84. The Balaban J connectivity index is 2.02. The van der Waals surface area contributed by atoms with Crippen molar-refractivity contribution in [3.8, 4) is 5.75 Å². The number of phenols is 1. The molecule has 1 aliphatic rings. The summed E-state index contributed by atoms with van der Waals surface area (Å²) in [5.41, 5.74) is 0.258. The summed E-state index contributed by atoms with van der Waals surface area (Å²) >= 11 is 1.09. The van der Waals surface area contributed by atoms with Crippen LogP contribution in [0.4, 0.5) is 0 Å². The molecule has 2 heterocycles. The van der Waals surface area contributed by atoms with Gasteiger partial charge in [-0.2, -0.15) is 0 Å². The Labute approximate surface area is 170 Å². The SMILES string of the molecule is CCOC(=O)/C=c1\s/c(=C\c2cccc(O)c2)c(=O)n1CC(=O)N1CCOCC1. The van der Waals surface area contributed by atoms with Crippen LogP contribution in [-0.2, 0) is 25.6 Å². The van der Waals surface area contributed by atoms with E-state index in [0.717, 1.165) is 11.3 Å². The van der Waals surface area contributed by atoms with E-state index < -0.39 is 5.97 Å². The third-order valence-electron chi connectivity index (χ3n) is 4.29. The average molecular weight is 418 g/mol. The molecule has 0 aliphatic carbocycles. The molecule has 1 aromatic heterocycles. The largest absolute Gasteiger partial charge is 0.508 e. The van der Waals surface area contributed by atoms with Gasteiger partial charge >= 0.3 is 5.97 Å². The van der Waals surface area contributed by atoms with Crippen LogP contribution in [0.3, 0.4) is 0 Å². The van der Waals surface area contributed by atoms with Crippen molar-refractivity contribution >= 4 is 35.4 Å². The number of phenolic OH excluding ortho intramolecular Hbond substituents is 1. The van der Waals surface area contributed by atoms with Gasteiger partial charge in [0.05, 0.1) is 30.4 Å². The summed E-state index contributed by atoms with van der Waals surface area (Å²) < 4.78 is 12.2. The normalized spacial score (nSPS) is 15.6. The molecule has 2 aromatic rings. The fourth-order valence-corrected chi connectivity index (χ4v) is 3.92. The van der Waals surface area contributed by atoms with Gasteiger partial charge in [-0.25, -0.2) is 4.79 Å². The highest BCUT2D eigenvalue weighted by Gasteiger charge is 2.19. The number of benzene rings is 1. The van der Waals surface area contributed by atoms with Crippen molar-refractivity contribution < 1.29 is 24.2 Å². The van der Waals surface area contributed by atoms with E-state index in [0.29, 0.717) is 41.1 Å². The average Bonchev–Trinajstić information content (AvgIpc) is 2.97. The molecule has 1 aromatic carbocycles. The number of ether oxygens (including phenoxy) is 2. The Hall–Kier alpha value is -2.91. The second-order valence-corrected chi connectivity index (χ2v) is 7.39. The van der Waals surface area contributed by atoms with Gasteiger partial charge in [-0.1, -0.05) is 12.1 Å². The number of thiazole rings is 1. The van der Waals surface area contributed by atoms with E-state index in [-0.39, 0.29) is 30.4 Å². The fourth-order valence-electron chi connectivity index (χ4n) is 2.89. The van der Waals surface area contributed by atoms with Crippen molar-refractivity contribution in [2.45, 2.75) is 13.5 Å². The van der Waals surface area contributed by atoms with Crippen LogP contribution < -0.4 is 14.8 Å². The van der Waals surface area contributed by atoms with Crippen molar-refractivity contribution in [1.82, 2.24) is 9.47 Å². The minimum Gasteiger partial charge on any atom is -0.508 e. The number of aromatic hydroxyl groups is 1. The summed E-state index contributed by atoms with van der Waals surface area (Å²) in [7, 11) is 0. The summed E-state index contributed by atoms with van der Waals surface area (Å²) in [6.45, 7) is 3.59. The number of carbonyl (C=O) groups is 2. The molecule has 29 heavy (non-hydrogen) atoms. The molecule has 3 rings (SSSR count). The summed E-state index contributed by atoms with van der Waals surface area (Å²) in [5.74, 6) is -0.711. The number of carbonyl (C=O) groups excluding carboxylic acids is 2. The quantitative estimate of drug-likeness (QED) is 0.667. The van der Waals surface area contributed by atoms with Gasteiger partial charge in [0, 0.05) is 13.1 Å². The number of esters is 1. The van der Waals surface area contributed by atoms with Crippen molar-refractivity contribution in [2.75, 3.05) is 32.9 Å². The molecular weight excluding hydrogens is 396 g/mol. The molecule has 1 N–H and O–H groups in total. The van der Waals surface area contributed by atoms with Crippen LogP contribution in [-0.4, -0.2) is 59.4 Å². The van der Waals surface area contributed by atoms with Gasteiger partial charge in [-0.05, 0) is 30.7 Å². The fraction of sp³-hybridized carbons (Fsp3) is 0.350. The number of hydrogen-bond acceptors (Lipinski definition) is 7. The lowest BCUT2D eigenvalue weighted by atomic mass is 10.2. The summed E-state index contributed by atoms with van der Waals surface area (Å²) in [4.78, 5) is 39.2. The molecule has 0 atom stereocenters. The van der Waals surface area contributed by atoms with Crippen LogP contribution in [0.5, 0.6) is 5.75 Å². The zero-order valence-corrected chi connectivity index (χ0v) is 16.8.